The van der Waals surface area contributed by atoms with Gasteiger partial charge in [0, 0.05) is 42.5 Å². The smallest absolute Gasteiger partial charge is 0.262 e. The molecule has 0 aliphatic carbocycles. The number of hydrogen-bond donors (Lipinski definition) is 1. The van der Waals surface area contributed by atoms with Gasteiger partial charge >= 0.3 is 0 Å². The lowest BCUT2D eigenvalue weighted by Crippen LogP contribution is -2.48. The molecule has 0 spiro atoms. The van der Waals surface area contributed by atoms with E-state index in [2.05, 4.69) is 17.1 Å². The Morgan fingerprint density at radius 2 is 1.51 bits per heavy atom. The Bertz CT molecular complexity index is 1210. The Morgan fingerprint density at radius 1 is 0.865 bits per heavy atom. The third kappa shape index (κ3) is 7.31. The molecule has 1 aliphatic rings. The van der Waals surface area contributed by atoms with Gasteiger partial charge < -0.3 is 24.6 Å². The second-order valence-corrected chi connectivity index (χ2v) is 9.45. The summed E-state index contributed by atoms with van der Waals surface area (Å²) in [4.78, 5) is 29.2. The van der Waals surface area contributed by atoms with Crippen LogP contribution in [0, 0.1) is 0 Å². The molecule has 2 amide bonds. The predicted molar refractivity (Wildman–Crippen MR) is 147 cm³/mol. The number of carbonyl (C=O) groups is 2. The summed E-state index contributed by atoms with van der Waals surface area (Å²) in [6.45, 7) is 5.06. The maximum Gasteiger partial charge on any atom is 0.262 e. The number of halogens is 2. The molecular weight excluding hydrogens is 513 g/mol. The summed E-state index contributed by atoms with van der Waals surface area (Å²) in [7, 11) is 0. The molecule has 0 unspecified atom stereocenters. The number of piperazine rings is 1. The Labute approximate surface area is 226 Å². The first-order valence-electron chi connectivity index (χ1n) is 12.2. The van der Waals surface area contributed by atoms with E-state index in [1.54, 1.807) is 36.4 Å². The zero-order valence-electron chi connectivity index (χ0n) is 20.6. The lowest BCUT2D eigenvalue weighted by molar-refractivity contribution is -0.118. The molecular formula is C28H29Cl2N3O4. The van der Waals surface area contributed by atoms with Gasteiger partial charge in [-0.25, -0.2) is 0 Å². The van der Waals surface area contributed by atoms with Crippen LogP contribution in [0.25, 0.3) is 0 Å². The number of nitrogens with one attached hydrogen (secondary N) is 1. The van der Waals surface area contributed by atoms with Gasteiger partial charge in [0.05, 0.1) is 17.3 Å². The largest absolute Gasteiger partial charge is 0.494 e. The van der Waals surface area contributed by atoms with Crippen LogP contribution in [0.2, 0.25) is 10.0 Å². The molecule has 1 N–H and O–H groups in total. The Kier molecular flexibility index (Phi) is 9.14. The van der Waals surface area contributed by atoms with Crippen molar-refractivity contribution >= 4 is 46.4 Å². The van der Waals surface area contributed by atoms with Crippen molar-refractivity contribution < 1.29 is 19.1 Å². The maximum atomic E-state index is 12.9. The van der Waals surface area contributed by atoms with Gasteiger partial charge in [-0.05, 0) is 73.2 Å². The molecule has 3 aromatic rings. The quantitative estimate of drug-likeness (QED) is 0.372. The summed E-state index contributed by atoms with van der Waals surface area (Å²) >= 11 is 12.4. The van der Waals surface area contributed by atoms with Crippen LogP contribution in [0.15, 0.2) is 66.7 Å². The molecule has 37 heavy (non-hydrogen) atoms. The molecule has 1 heterocycles. The average Bonchev–Trinajstić information content (AvgIpc) is 2.92. The van der Waals surface area contributed by atoms with Gasteiger partial charge in [-0.1, -0.05) is 30.1 Å². The zero-order chi connectivity index (χ0) is 26.2. The van der Waals surface area contributed by atoms with Crippen LogP contribution >= 0.6 is 23.2 Å². The molecule has 3 aromatic carbocycles. The van der Waals surface area contributed by atoms with Crippen LogP contribution in [-0.4, -0.2) is 56.1 Å². The fourth-order valence-corrected chi connectivity index (χ4v) is 4.39. The molecule has 1 fully saturated rings. The van der Waals surface area contributed by atoms with Crippen LogP contribution in [0.4, 0.5) is 11.4 Å². The number of carbonyl (C=O) groups excluding carboxylic acids is 2. The molecule has 0 radical (unpaired) electrons. The zero-order valence-corrected chi connectivity index (χ0v) is 22.1. The van der Waals surface area contributed by atoms with Gasteiger partial charge in [-0.2, -0.15) is 0 Å². The van der Waals surface area contributed by atoms with E-state index in [-0.39, 0.29) is 18.4 Å². The molecule has 0 atom stereocenters. The van der Waals surface area contributed by atoms with Crippen LogP contribution in [0.1, 0.15) is 23.7 Å². The van der Waals surface area contributed by atoms with Crippen molar-refractivity contribution in [2.75, 3.05) is 49.6 Å². The number of amides is 2. The molecule has 4 rings (SSSR count). The highest BCUT2D eigenvalue weighted by Crippen LogP contribution is 2.30. The van der Waals surface area contributed by atoms with E-state index >= 15 is 0 Å². The highest BCUT2D eigenvalue weighted by atomic mass is 35.5. The normalized spacial score (nSPS) is 13.3. The maximum absolute atomic E-state index is 12.9. The molecule has 0 saturated carbocycles. The van der Waals surface area contributed by atoms with Crippen LogP contribution < -0.4 is 19.7 Å². The van der Waals surface area contributed by atoms with Crippen LogP contribution in [0.5, 0.6) is 11.5 Å². The lowest BCUT2D eigenvalue weighted by Gasteiger charge is -2.36. The van der Waals surface area contributed by atoms with E-state index in [0.717, 1.165) is 17.9 Å². The minimum Gasteiger partial charge on any atom is -0.494 e. The van der Waals surface area contributed by atoms with E-state index in [1.165, 1.54) is 0 Å². The molecule has 0 bridgehead atoms. The third-order valence-corrected chi connectivity index (χ3v) is 6.45. The summed E-state index contributed by atoms with van der Waals surface area (Å²) < 4.78 is 11.1. The number of rotatable bonds is 9. The summed E-state index contributed by atoms with van der Waals surface area (Å²) in [5, 5.41) is 3.92. The first-order chi connectivity index (χ1) is 17.9. The summed E-state index contributed by atoms with van der Waals surface area (Å²) in [5.74, 6) is 1.04. The van der Waals surface area contributed by atoms with Crippen molar-refractivity contribution in [1.82, 2.24) is 4.90 Å². The highest BCUT2D eigenvalue weighted by molar-refractivity contribution is 6.33. The molecule has 194 valence electrons. The molecule has 7 nitrogen and oxygen atoms in total. The fourth-order valence-electron chi connectivity index (χ4n) is 3.96. The van der Waals surface area contributed by atoms with E-state index < -0.39 is 0 Å². The van der Waals surface area contributed by atoms with Crippen molar-refractivity contribution in [3.8, 4) is 11.5 Å². The predicted octanol–water partition coefficient (Wildman–Crippen LogP) is 5.76. The van der Waals surface area contributed by atoms with Gasteiger partial charge in [0.15, 0.2) is 6.61 Å². The second kappa shape index (κ2) is 12.7. The number of nitrogens with zero attached hydrogens (tertiary/aromatic N) is 2. The minimum absolute atomic E-state index is 0.00617. The molecule has 1 saturated heterocycles. The Balaban J connectivity index is 1.27. The van der Waals surface area contributed by atoms with Crippen molar-refractivity contribution in [3.05, 3.63) is 82.3 Å². The average molecular weight is 542 g/mol. The van der Waals surface area contributed by atoms with Crippen molar-refractivity contribution in [2.45, 2.75) is 13.3 Å². The third-order valence-electron chi connectivity index (χ3n) is 5.90. The summed E-state index contributed by atoms with van der Waals surface area (Å²) in [6.07, 6.45) is 0.937. The summed E-state index contributed by atoms with van der Waals surface area (Å²) in [5.41, 5.74) is 2.09. The second-order valence-electron chi connectivity index (χ2n) is 8.61. The number of benzene rings is 3. The van der Waals surface area contributed by atoms with Crippen LogP contribution in [0.3, 0.4) is 0 Å². The van der Waals surface area contributed by atoms with Gasteiger partial charge in [0.1, 0.15) is 11.5 Å². The van der Waals surface area contributed by atoms with Crippen molar-refractivity contribution in [2.24, 2.45) is 0 Å². The van der Waals surface area contributed by atoms with E-state index in [4.69, 9.17) is 32.7 Å². The van der Waals surface area contributed by atoms with Gasteiger partial charge in [-0.15, -0.1) is 0 Å². The highest BCUT2D eigenvalue weighted by Gasteiger charge is 2.23. The van der Waals surface area contributed by atoms with E-state index in [1.807, 2.05) is 35.2 Å². The van der Waals surface area contributed by atoms with Crippen LogP contribution in [-0.2, 0) is 4.79 Å². The molecule has 0 aromatic heterocycles. The number of anilines is 2. The van der Waals surface area contributed by atoms with Crippen molar-refractivity contribution in [3.63, 3.8) is 0 Å². The number of hydrogen-bond acceptors (Lipinski definition) is 5. The van der Waals surface area contributed by atoms with Gasteiger partial charge in [0.25, 0.3) is 11.8 Å². The van der Waals surface area contributed by atoms with E-state index in [0.29, 0.717) is 59.8 Å². The SMILES string of the molecule is CCCOc1ccc(C(=O)N2CCN(c3ccc(NC(=O)COc4ccc(Cl)cc4)cc3Cl)CC2)cc1. The standard InChI is InChI=1S/C28H29Cl2N3O4/c1-2-17-36-23-8-3-20(4-9-23)28(35)33-15-13-32(14-16-33)26-12-7-22(18-25(26)30)31-27(34)19-37-24-10-5-21(29)6-11-24/h3-12,18H,2,13-17,19H2,1H3,(H,31,34). The monoisotopic (exact) mass is 541 g/mol. The van der Waals surface area contributed by atoms with Gasteiger partial charge in [0.2, 0.25) is 0 Å². The van der Waals surface area contributed by atoms with Gasteiger partial charge in [-0.3, -0.25) is 9.59 Å². The molecule has 1 aliphatic heterocycles. The lowest BCUT2D eigenvalue weighted by atomic mass is 10.1. The fraction of sp³-hybridized carbons (Fsp3) is 0.286. The first-order valence-corrected chi connectivity index (χ1v) is 12.9. The van der Waals surface area contributed by atoms with Crippen molar-refractivity contribution in [1.29, 1.82) is 0 Å². The minimum atomic E-state index is -0.296. The van der Waals surface area contributed by atoms with E-state index in [9.17, 15) is 9.59 Å². The molecule has 9 heteroatoms. The Hall–Kier alpha value is -3.42. The first kappa shape index (κ1) is 26.6. The Morgan fingerprint density at radius 3 is 2.16 bits per heavy atom. The summed E-state index contributed by atoms with van der Waals surface area (Å²) in [6, 6.07) is 19.5. The topological polar surface area (TPSA) is 71.1 Å². The number of ether oxygens (including phenoxy) is 2.